The van der Waals surface area contributed by atoms with Gasteiger partial charge < -0.3 is 10.1 Å². The lowest BCUT2D eigenvalue weighted by atomic mass is 10.1. The summed E-state index contributed by atoms with van der Waals surface area (Å²) in [6.07, 6.45) is 1.03. The van der Waals surface area contributed by atoms with Crippen LogP contribution in [0, 0.1) is 13.8 Å². The zero-order valence-corrected chi connectivity index (χ0v) is 13.6. The Kier molecular flexibility index (Phi) is 5.51. The highest BCUT2D eigenvalue weighted by Gasteiger charge is 2.04. The van der Waals surface area contributed by atoms with Crippen LogP contribution in [0.5, 0.6) is 5.75 Å². The second kappa shape index (κ2) is 7.37. The van der Waals surface area contributed by atoms with Crippen LogP contribution in [0.15, 0.2) is 36.4 Å². The van der Waals surface area contributed by atoms with Gasteiger partial charge in [0, 0.05) is 17.3 Å². The average Bonchev–Trinajstić information content (AvgIpc) is 2.46. The van der Waals surface area contributed by atoms with E-state index in [0.717, 1.165) is 29.3 Å². The van der Waals surface area contributed by atoms with Crippen molar-refractivity contribution in [2.75, 3.05) is 18.5 Å². The minimum Gasteiger partial charge on any atom is -0.491 e. The van der Waals surface area contributed by atoms with Crippen LogP contribution >= 0.6 is 11.6 Å². The Morgan fingerprint density at radius 1 is 1.10 bits per heavy atom. The third kappa shape index (κ3) is 4.15. The zero-order valence-electron chi connectivity index (χ0n) is 12.9. The lowest BCUT2D eigenvalue weighted by Gasteiger charge is -2.15. The number of hydrogen-bond acceptors (Lipinski definition) is 2. The van der Waals surface area contributed by atoms with Crippen LogP contribution in [0.25, 0.3) is 0 Å². The SMILES string of the molecule is CCc1cccc(C)c1NCCOc1ccc(Cl)cc1C. The molecule has 3 heteroatoms. The van der Waals surface area contributed by atoms with E-state index in [1.807, 2.05) is 25.1 Å². The van der Waals surface area contributed by atoms with Crippen LogP contribution in [0.2, 0.25) is 5.02 Å². The highest BCUT2D eigenvalue weighted by atomic mass is 35.5. The van der Waals surface area contributed by atoms with Gasteiger partial charge >= 0.3 is 0 Å². The second-order valence-electron chi connectivity index (χ2n) is 5.15. The summed E-state index contributed by atoms with van der Waals surface area (Å²) in [6.45, 7) is 7.71. The number of anilines is 1. The molecule has 21 heavy (non-hydrogen) atoms. The van der Waals surface area contributed by atoms with Crippen LogP contribution in [0.4, 0.5) is 5.69 Å². The predicted octanol–water partition coefficient (Wildman–Crippen LogP) is 5.01. The van der Waals surface area contributed by atoms with Crippen molar-refractivity contribution < 1.29 is 4.74 Å². The molecule has 0 aliphatic rings. The minimum absolute atomic E-state index is 0.625. The molecule has 0 amide bonds. The van der Waals surface area contributed by atoms with Gasteiger partial charge in [0.1, 0.15) is 12.4 Å². The second-order valence-corrected chi connectivity index (χ2v) is 5.58. The zero-order chi connectivity index (χ0) is 15.2. The molecule has 1 N–H and O–H groups in total. The molecule has 0 spiro atoms. The van der Waals surface area contributed by atoms with E-state index in [4.69, 9.17) is 16.3 Å². The van der Waals surface area contributed by atoms with Gasteiger partial charge in [-0.3, -0.25) is 0 Å². The average molecular weight is 304 g/mol. The summed E-state index contributed by atoms with van der Waals surface area (Å²) in [7, 11) is 0. The fourth-order valence-corrected chi connectivity index (χ4v) is 2.61. The summed E-state index contributed by atoms with van der Waals surface area (Å²) in [6, 6.07) is 12.1. The third-order valence-electron chi connectivity index (χ3n) is 3.54. The van der Waals surface area contributed by atoms with E-state index in [9.17, 15) is 0 Å². The van der Waals surface area contributed by atoms with Gasteiger partial charge in [0.25, 0.3) is 0 Å². The monoisotopic (exact) mass is 303 g/mol. The van der Waals surface area contributed by atoms with Crippen molar-refractivity contribution in [2.45, 2.75) is 27.2 Å². The normalized spacial score (nSPS) is 10.5. The highest BCUT2D eigenvalue weighted by Crippen LogP contribution is 2.22. The van der Waals surface area contributed by atoms with Crippen molar-refractivity contribution in [3.05, 3.63) is 58.1 Å². The number of benzene rings is 2. The molecular weight excluding hydrogens is 282 g/mol. The molecule has 0 atom stereocenters. The molecule has 2 nitrogen and oxygen atoms in total. The molecule has 0 aromatic heterocycles. The van der Waals surface area contributed by atoms with Gasteiger partial charge in [-0.05, 0) is 55.2 Å². The number of rotatable bonds is 6. The number of nitrogens with one attached hydrogen (secondary N) is 1. The highest BCUT2D eigenvalue weighted by molar-refractivity contribution is 6.30. The Morgan fingerprint density at radius 3 is 2.62 bits per heavy atom. The summed E-state index contributed by atoms with van der Waals surface area (Å²) in [5.74, 6) is 0.890. The molecule has 112 valence electrons. The summed E-state index contributed by atoms with van der Waals surface area (Å²) in [4.78, 5) is 0. The van der Waals surface area contributed by atoms with Crippen LogP contribution in [-0.4, -0.2) is 13.2 Å². The van der Waals surface area contributed by atoms with Crippen LogP contribution < -0.4 is 10.1 Å². The maximum Gasteiger partial charge on any atom is 0.122 e. The first-order valence-electron chi connectivity index (χ1n) is 7.33. The van der Waals surface area contributed by atoms with Crippen molar-refractivity contribution in [1.82, 2.24) is 0 Å². The lowest BCUT2D eigenvalue weighted by molar-refractivity contribution is 0.330. The summed E-state index contributed by atoms with van der Waals surface area (Å²) >= 11 is 5.94. The van der Waals surface area contributed by atoms with E-state index in [-0.39, 0.29) is 0 Å². The Morgan fingerprint density at radius 2 is 1.90 bits per heavy atom. The van der Waals surface area contributed by atoms with E-state index in [2.05, 4.69) is 37.4 Å². The largest absolute Gasteiger partial charge is 0.491 e. The van der Waals surface area contributed by atoms with E-state index < -0.39 is 0 Å². The van der Waals surface area contributed by atoms with Gasteiger partial charge in [0.05, 0.1) is 0 Å². The van der Waals surface area contributed by atoms with Crippen molar-refractivity contribution in [2.24, 2.45) is 0 Å². The van der Waals surface area contributed by atoms with E-state index in [1.54, 1.807) is 0 Å². The maximum atomic E-state index is 5.94. The Balaban J connectivity index is 1.90. The van der Waals surface area contributed by atoms with Crippen LogP contribution in [0.1, 0.15) is 23.6 Å². The van der Waals surface area contributed by atoms with Crippen LogP contribution in [-0.2, 0) is 6.42 Å². The molecule has 0 bridgehead atoms. The fraction of sp³-hybridized carbons (Fsp3) is 0.333. The van der Waals surface area contributed by atoms with Gasteiger partial charge in [-0.25, -0.2) is 0 Å². The molecule has 2 rings (SSSR count). The molecule has 0 heterocycles. The van der Waals surface area contributed by atoms with Crippen molar-refractivity contribution in [3.8, 4) is 5.75 Å². The van der Waals surface area contributed by atoms with Crippen molar-refractivity contribution >= 4 is 17.3 Å². The number of aryl methyl sites for hydroxylation is 3. The summed E-state index contributed by atoms with van der Waals surface area (Å²) in [5.41, 5.74) is 4.92. The summed E-state index contributed by atoms with van der Waals surface area (Å²) in [5, 5.41) is 4.22. The van der Waals surface area contributed by atoms with E-state index >= 15 is 0 Å². The molecule has 0 radical (unpaired) electrons. The minimum atomic E-state index is 0.625. The lowest BCUT2D eigenvalue weighted by Crippen LogP contribution is -2.13. The molecule has 0 saturated carbocycles. The van der Waals surface area contributed by atoms with Crippen molar-refractivity contribution in [1.29, 1.82) is 0 Å². The molecule has 0 unspecified atom stereocenters. The first-order valence-corrected chi connectivity index (χ1v) is 7.71. The standard InChI is InChI=1S/C18H22ClNO/c1-4-15-7-5-6-13(2)18(15)20-10-11-21-17-9-8-16(19)12-14(17)3/h5-9,12,20H,4,10-11H2,1-3H3. The quantitative estimate of drug-likeness (QED) is 0.757. The number of halogens is 1. The third-order valence-corrected chi connectivity index (χ3v) is 3.77. The molecule has 0 aliphatic heterocycles. The van der Waals surface area contributed by atoms with Gasteiger partial charge in [-0.2, -0.15) is 0 Å². The topological polar surface area (TPSA) is 21.3 Å². The Hall–Kier alpha value is -1.67. The molecule has 0 aliphatic carbocycles. The number of para-hydroxylation sites is 1. The fourth-order valence-electron chi connectivity index (χ4n) is 2.39. The van der Waals surface area contributed by atoms with Crippen LogP contribution in [0.3, 0.4) is 0 Å². The molecule has 2 aromatic carbocycles. The van der Waals surface area contributed by atoms with Gasteiger partial charge in [-0.1, -0.05) is 36.7 Å². The molecule has 2 aromatic rings. The number of ether oxygens (including phenoxy) is 1. The van der Waals surface area contributed by atoms with Gasteiger partial charge in [-0.15, -0.1) is 0 Å². The Bertz CT molecular complexity index is 610. The maximum absolute atomic E-state index is 5.94. The molecular formula is C18H22ClNO. The Labute approximate surface area is 132 Å². The smallest absolute Gasteiger partial charge is 0.122 e. The number of hydrogen-bond donors (Lipinski definition) is 1. The first kappa shape index (κ1) is 15.7. The predicted molar refractivity (Wildman–Crippen MR) is 90.7 cm³/mol. The van der Waals surface area contributed by atoms with Crippen molar-refractivity contribution in [3.63, 3.8) is 0 Å². The van der Waals surface area contributed by atoms with Gasteiger partial charge in [0.15, 0.2) is 0 Å². The molecule has 0 fully saturated rings. The first-order chi connectivity index (χ1) is 10.1. The van der Waals surface area contributed by atoms with E-state index in [0.29, 0.717) is 6.61 Å². The van der Waals surface area contributed by atoms with Gasteiger partial charge in [0.2, 0.25) is 0 Å². The van der Waals surface area contributed by atoms with E-state index in [1.165, 1.54) is 16.8 Å². The summed E-state index contributed by atoms with van der Waals surface area (Å²) < 4.78 is 5.81. The molecule has 0 saturated heterocycles.